The lowest BCUT2D eigenvalue weighted by Crippen LogP contribution is -2.32. The molecule has 0 aliphatic carbocycles. The summed E-state index contributed by atoms with van der Waals surface area (Å²) in [7, 11) is 4.02. The molecule has 0 atom stereocenters. The van der Waals surface area contributed by atoms with Gasteiger partial charge in [0.1, 0.15) is 12.1 Å². The Bertz CT molecular complexity index is 624. The van der Waals surface area contributed by atoms with Crippen LogP contribution in [0, 0.1) is 0 Å². The van der Waals surface area contributed by atoms with Crippen molar-refractivity contribution >= 4 is 5.82 Å². The molecule has 1 aliphatic heterocycles. The number of rotatable bonds is 4. The van der Waals surface area contributed by atoms with E-state index in [1.54, 1.807) is 6.33 Å². The summed E-state index contributed by atoms with van der Waals surface area (Å²) in [5, 5.41) is 4.03. The predicted molar refractivity (Wildman–Crippen MR) is 77.9 cm³/mol. The molecule has 0 fully saturated rings. The number of aryl methyl sites for hydroxylation is 1. The van der Waals surface area contributed by atoms with Crippen LogP contribution in [-0.4, -0.2) is 45.6 Å². The molecule has 0 unspecified atom stereocenters. The minimum Gasteiger partial charge on any atom is -0.362 e. The van der Waals surface area contributed by atoms with E-state index >= 15 is 0 Å². The fraction of sp³-hybridized carbons (Fsp3) is 0.571. The highest BCUT2D eigenvalue weighted by Crippen LogP contribution is 2.25. The van der Waals surface area contributed by atoms with E-state index in [0.29, 0.717) is 12.4 Å². The molecule has 1 aliphatic rings. The van der Waals surface area contributed by atoms with Crippen molar-refractivity contribution in [2.45, 2.75) is 32.9 Å². The average Bonchev–Trinajstić information content (AvgIpc) is 2.94. The molecule has 0 N–H and O–H groups in total. The van der Waals surface area contributed by atoms with Crippen LogP contribution >= 0.6 is 0 Å². The monoisotopic (exact) mass is 288 g/mol. The minimum absolute atomic E-state index is 0.694. The van der Waals surface area contributed by atoms with E-state index in [0.717, 1.165) is 43.3 Å². The van der Waals surface area contributed by atoms with Gasteiger partial charge in [-0.1, -0.05) is 12.1 Å². The quantitative estimate of drug-likeness (QED) is 0.832. The van der Waals surface area contributed by atoms with E-state index < -0.39 is 0 Å². The van der Waals surface area contributed by atoms with Crippen molar-refractivity contribution in [2.75, 3.05) is 25.5 Å². The van der Waals surface area contributed by atoms with Gasteiger partial charge in [-0.25, -0.2) is 9.97 Å². The van der Waals surface area contributed by atoms with Crippen LogP contribution in [0.2, 0.25) is 0 Å². The third-order valence-electron chi connectivity index (χ3n) is 3.66. The number of aromatic nitrogens is 4. The molecule has 0 saturated heterocycles. The fourth-order valence-electron chi connectivity index (χ4n) is 2.60. The number of hydrogen-bond donors (Lipinski definition) is 0. The first-order valence-corrected chi connectivity index (χ1v) is 7.21. The predicted octanol–water partition coefficient (Wildman–Crippen LogP) is 1.05. The van der Waals surface area contributed by atoms with E-state index in [2.05, 4.69) is 25.0 Å². The third-order valence-corrected chi connectivity index (χ3v) is 3.66. The lowest BCUT2D eigenvalue weighted by Gasteiger charge is -2.29. The highest BCUT2D eigenvalue weighted by molar-refractivity contribution is 5.48. The molecule has 0 spiro atoms. The van der Waals surface area contributed by atoms with E-state index in [1.807, 2.05) is 25.9 Å². The maximum atomic E-state index is 5.17. The second-order valence-electron chi connectivity index (χ2n) is 5.44. The number of anilines is 1. The molecular formula is C14H20N6O. The van der Waals surface area contributed by atoms with Crippen LogP contribution in [0.3, 0.4) is 0 Å². The Balaban J connectivity index is 1.77. The molecule has 21 heavy (non-hydrogen) atoms. The number of fused-ring (bicyclic) bond motifs is 1. The smallest absolute Gasteiger partial charge is 0.226 e. The zero-order valence-electron chi connectivity index (χ0n) is 12.7. The van der Waals surface area contributed by atoms with Crippen LogP contribution in [0.5, 0.6) is 0 Å². The molecule has 0 saturated carbocycles. The first-order valence-electron chi connectivity index (χ1n) is 7.21. The van der Waals surface area contributed by atoms with Gasteiger partial charge in [0.25, 0.3) is 0 Å². The van der Waals surface area contributed by atoms with E-state index in [4.69, 9.17) is 4.52 Å². The molecule has 3 rings (SSSR count). The maximum Gasteiger partial charge on any atom is 0.226 e. The molecular weight excluding hydrogens is 268 g/mol. The van der Waals surface area contributed by atoms with Crippen LogP contribution < -0.4 is 4.90 Å². The third kappa shape index (κ3) is 2.87. The maximum absolute atomic E-state index is 5.17. The summed E-state index contributed by atoms with van der Waals surface area (Å²) in [6.45, 7) is 4.48. The van der Waals surface area contributed by atoms with Crippen LogP contribution in [0.4, 0.5) is 5.82 Å². The van der Waals surface area contributed by atoms with Gasteiger partial charge >= 0.3 is 0 Å². The Morgan fingerprint density at radius 3 is 2.90 bits per heavy atom. The van der Waals surface area contributed by atoms with Crippen LogP contribution in [-0.2, 0) is 25.9 Å². The molecule has 0 amide bonds. The summed E-state index contributed by atoms with van der Waals surface area (Å²) >= 11 is 0. The van der Waals surface area contributed by atoms with E-state index in [9.17, 15) is 0 Å². The highest BCUT2D eigenvalue weighted by atomic mass is 16.5. The molecule has 3 heterocycles. The second-order valence-corrected chi connectivity index (χ2v) is 5.44. The van der Waals surface area contributed by atoms with E-state index in [-0.39, 0.29) is 0 Å². The first kappa shape index (κ1) is 13.9. The van der Waals surface area contributed by atoms with Gasteiger partial charge in [0.2, 0.25) is 5.89 Å². The molecule has 7 heteroatoms. The van der Waals surface area contributed by atoms with Crippen LogP contribution in [0.15, 0.2) is 10.9 Å². The Hall–Kier alpha value is -2.02. The Morgan fingerprint density at radius 2 is 2.19 bits per heavy atom. The average molecular weight is 288 g/mol. The van der Waals surface area contributed by atoms with Gasteiger partial charge in [-0.05, 0) is 0 Å². The molecule has 2 aromatic rings. The Labute approximate surface area is 124 Å². The summed E-state index contributed by atoms with van der Waals surface area (Å²) in [5.74, 6) is 2.44. The molecule has 7 nitrogen and oxygen atoms in total. The van der Waals surface area contributed by atoms with Crippen molar-refractivity contribution < 1.29 is 4.52 Å². The van der Waals surface area contributed by atoms with Crippen molar-refractivity contribution in [1.82, 2.24) is 25.0 Å². The molecule has 112 valence electrons. The Kier molecular flexibility index (Phi) is 3.83. The van der Waals surface area contributed by atoms with Crippen molar-refractivity contribution in [2.24, 2.45) is 0 Å². The van der Waals surface area contributed by atoms with Crippen LogP contribution in [0.25, 0.3) is 0 Å². The summed E-state index contributed by atoms with van der Waals surface area (Å²) < 4.78 is 5.17. The standard InChI is InChI=1S/C14H20N6O/c1-4-13-17-12(18-21-13)8-20-6-5-11-10(7-20)14(19(2)3)16-9-15-11/h9H,4-8H2,1-3H3. The van der Waals surface area contributed by atoms with Crippen LogP contribution in [0.1, 0.15) is 29.9 Å². The molecule has 2 aromatic heterocycles. The number of nitrogens with zero attached hydrogens (tertiary/aromatic N) is 6. The van der Waals surface area contributed by atoms with Crippen molar-refractivity contribution in [3.8, 4) is 0 Å². The largest absolute Gasteiger partial charge is 0.362 e. The second kappa shape index (κ2) is 5.77. The molecule has 0 aromatic carbocycles. The molecule has 0 bridgehead atoms. The van der Waals surface area contributed by atoms with Gasteiger partial charge in [-0.15, -0.1) is 0 Å². The zero-order valence-corrected chi connectivity index (χ0v) is 12.7. The van der Waals surface area contributed by atoms with Gasteiger partial charge in [-0.3, -0.25) is 4.90 Å². The SMILES string of the molecule is CCc1nc(CN2CCc3ncnc(N(C)C)c3C2)no1. The van der Waals surface area contributed by atoms with Gasteiger partial charge in [0, 0.05) is 45.6 Å². The zero-order chi connectivity index (χ0) is 14.8. The molecule has 0 radical (unpaired) electrons. The van der Waals surface area contributed by atoms with Crippen molar-refractivity contribution in [3.05, 3.63) is 29.3 Å². The lowest BCUT2D eigenvalue weighted by molar-refractivity contribution is 0.233. The van der Waals surface area contributed by atoms with Gasteiger partial charge < -0.3 is 9.42 Å². The van der Waals surface area contributed by atoms with Crippen molar-refractivity contribution in [1.29, 1.82) is 0 Å². The summed E-state index contributed by atoms with van der Waals surface area (Å²) in [6, 6.07) is 0. The minimum atomic E-state index is 0.694. The van der Waals surface area contributed by atoms with Gasteiger partial charge in [0.05, 0.1) is 12.2 Å². The number of hydrogen-bond acceptors (Lipinski definition) is 7. The Morgan fingerprint density at radius 1 is 1.33 bits per heavy atom. The summed E-state index contributed by atoms with van der Waals surface area (Å²) in [4.78, 5) is 17.5. The summed E-state index contributed by atoms with van der Waals surface area (Å²) in [5.41, 5.74) is 2.35. The lowest BCUT2D eigenvalue weighted by atomic mass is 10.1. The van der Waals surface area contributed by atoms with Crippen molar-refractivity contribution in [3.63, 3.8) is 0 Å². The van der Waals surface area contributed by atoms with Gasteiger partial charge in [-0.2, -0.15) is 4.98 Å². The van der Waals surface area contributed by atoms with Gasteiger partial charge in [0.15, 0.2) is 5.82 Å². The summed E-state index contributed by atoms with van der Waals surface area (Å²) in [6.07, 6.45) is 3.35. The fourth-order valence-corrected chi connectivity index (χ4v) is 2.60. The van der Waals surface area contributed by atoms with E-state index in [1.165, 1.54) is 5.56 Å². The topological polar surface area (TPSA) is 71.2 Å². The first-order chi connectivity index (χ1) is 10.2. The normalized spacial score (nSPS) is 15.0. The highest BCUT2D eigenvalue weighted by Gasteiger charge is 2.23.